The van der Waals surface area contributed by atoms with Gasteiger partial charge in [-0.15, -0.1) is 0 Å². The van der Waals surface area contributed by atoms with Gasteiger partial charge in [-0.1, -0.05) is 18.7 Å². The molecule has 5 rings (SSSR count). The highest BCUT2D eigenvalue weighted by Gasteiger charge is 2.15. The number of piperidine rings is 1. The van der Waals surface area contributed by atoms with E-state index in [0.29, 0.717) is 5.92 Å². The number of benzene rings is 1. The minimum atomic E-state index is 0.704. The summed E-state index contributed by atoms with van der Waals surface area (Å²) in [5.41, 5.74) is 5.25. The molecule has 0 unspecified atom stereocenters. The van der Waals surface area contributed by atoms with Crippen LogP contribution in [0.2, 0.25) is 0 Å². The van der Waals surface area contributed by atoms with E-state index in [9.17, 15) is 0 Å². The van der Waals surface area contributed by atoms with E-state index < -0.39 is 0 Å². The molecule has 0 amide bonds. The fraction of sp³-hybridized carbons (Fsp3) is 0.296. The molecular weight excluding hydrogens is 408 g/mol. The van der Waals surface area contributed by atoms with Crippen molar-refractivity contribution >= 4 is 22.3 Å². The van der Waals surface area contributed by atoms with Crippen molar-refractivity contribution in [2.24, 2.45) is 13.0 Å². The van der Waals surface area contributed by atoms with E-state index >= 15 is 0 Å². The van der Waals surface area contributed by atoms with Gasteiger partial charge in [0.2, 0.25) is 0 Å². The van der Waals surface area contributed by atoms with E-state index in [2.05, 4.69) is 67.1 Å². The highest BCUT2D eigenvalue weighted by Crippen LogP contribution is 2.27. The molecule has 0 atom stereocenters. The van der Waals surface area contributed by atoms with Crippen LogP contribution in [0.25, 0.3) is 27.7 Å². The monoisotopic (exact) mass is 438 g/mol. The highest BCUT2D eigenvalue weighted by atomic mass is 15.0. The molecule has 1 aliphatic rings. The third kappa shape index (κ3) is 4.66. The van der Waals surface area contributed by atoms with Crippen molar-refractivity contribution < 1.29 is 0 Å². The van der Waals surface area contributed by atoms with Crippen molar-refractivity contribution in [1.29, 1.82) is 0 Å². The molecule has 4 aromatic rings. The van der Waals surface area contributed by atoms with Gasteiger partial charge in [0.15, 0.2) is 0 Å². The van der Waals surface area contributed by atoms with E-state index in [1.165, 1.54) is 12.8 Å². The summed E-state index contributed by atoms with van der Waals surface area (Å²) in [6.07, 6.45) is 9.16. The predicted octanol–water partition coefficient (Wildman–Crippen LogP) is 4.96. The first-order valence-electron chi connectivity index (χ1n) is 11.6. The molecule has 6 heteroatoms. The number of nitrogens with zero attached hydrogens (tertiary/aromatic N) is 4. The lowest BCUT2D eigenvalue weighted by Gasteiger charge is -2.22. The fourth-order valence-corrected chi connectivity index (χ4v) is 4.52. The molecule has 1 aliphatic heterocycles. The molecule has 0 saturated carbocycles. The Morgan fingerprint density at radius 1 is 1.06 bits per heavy atom. The summed E-state index contributed by atoms with van der Waals surface area (Å²) in [6.45, 7) is 8.49. The molecule has 0 bridgehead atoms. The number of hydrogen-bond donors (Lipinski definition) is 2. The van der Waals surface area contributed by atoms with Crippen LogP contribution in [-0.2, 0) is 13.5 Å². The molecule has 2 N–H and O–H groups in total. The van der Waals surface area contributed by atoms with Crippen molar-refractivity contribution in [1.82, 2.24) is 24.8 Å². The van der Waals surface area contributed by atoms with E-state index in [1.807, 2.05) is 38.6 Å². The number of rotatable bonds is 6. The average molecular weight is 439 g/mol. The summed E-state index contributed by atoms with van der Waals surface area (Å²) in [5, 5.41) is 9.05. The molecular formula is C27H30N6. The maximum atomic E-state index is 4.60. The van der Waals surface area contributed by atoms with Gasteiger partial charge in [-0.05, 0) is 74.8 Å². The Labute approximate surface area is 194 Å². The first-order chi connectivity index (χ1) is 16.1. The Morgan fingerprint density at radius 2 is 1.91 bits per heavy atom. The summed E-state index contributed by atoms with van der Waals surface area (Å²) in [6, 6.07) is 12.6. The fourth-order valence-electron chi connectivity index (χ4n) is 4.52. The van der Waals surface area contributed by atoms with Crippen LogP contribution in [0.4, 0.5) is 5.82 Å². The number of pyridine rings is 2. The lowest BCUT2D eigenvalue weighted by atomic mass is 9.92. The summed E-state index contributed by atoms with van der Waals surface area (Å²) < 4.78 is 2.11. The van der Waals surface area contributed by atoms with Crippen molar-refractivity contribution in [3.05, 3.63) is 78.6 Å². The van der Waals surface area contributed by atoms with Gasteiger partial charge in [0.25, 0.3) is 0 Å². The zero-order valence-electron chi connectivity index (χ0n) is 19.3. The lowest BCUT2D eigenvalue weighted by molar-refractivity contribution is 0.370. The summed E-state index contributed by atoms with van der Waals surface area (Å²) in [7, 11) is 2.04. The summed E-state index contributed by atoms with van der Waals surface area (Å²) in [5.74, 6) is 2.48. The van der Waals surface area contributed by atoms with Crippen molar-refractivity contribution in [2.75, 3.05) is 18.4 Å². The average Bonchev–Trinajstić information content (AvgIpc) is 3.17. The summed E-state index contributed by atoms with van der Waals surface area (Å²) in [4.78, 5) is 13.6. The van der Waals surface area contributed by atoms with Gasteiger partial charge in [-0.25, -0.2) is 9.97 Å². The zero-order valence-corrected chi connectivity index (χ0v) is 19.3. The number of aromatic nitrogens is 4. The molecule has 1 aromatic carbocycles. The maximum absolute atomic E-state index is 4.60. The molecule has 33 heavy (non-hydrogen) atoms. The van der Waals surface area contributed by atoms with E-state index in [0.717, 1.165) is 70.1 Å². The Morgan fingerprint density at radius 3 is 2.70 bits per heavy atom. The Kier molecular flexibility index (Phi) is 5.92. The number of anilines is 1. The van der Waals surface area contributed by atoms with Gasteiger partial charge in [-0.2, -0.15) is 0 Å². The third-order valence-electron chi connectivity index (χ3n) is 6.64. The van der Waals surface area contributed by atoms with Crippen LogP contribution in [-0.4, -0.2) is 32.6 Å². The van der Waals surface area contributed by atoms with Crippen LogP contribution in [0.15, 0.2) is 61.6 Å². The standard InChI is InChI=1S/C27H30N6/c1-18(21-8-11-29-25(14-21)12-20-6-9-28-10-7-20)32-27-15-24-13-22(4-5-23(24)16-31-27)26-17-30-19(2)33(26)3/h4-5,8,11,13-17,20,28H,1,6-7,9-10,12H2,2-3H3,(H,31,32). The number of aryl methyl sites for hydroxylation is 1. The largest absolute Gasteiger partial charge is 0.340 e. The number of imidazole rings is 1. The van der Waals surface area contributed by atoms with Gasteiger partial charge in [0, 0.05) is 47.3 Å². The summed E-state index contributed by atoms with van der Waals surface area (Å²) >= 11 is 0. The molecule has 4 heterocycles. The minimum absolute atomic E-state index is 0.704. The van der Waals surface area contributed by atoms with Crippen molar-refractivity contribution in [2.45, 2.75) is 26.2 Å². The van der Waals surface area contributed by atoms with Crippen LogP contribution < -0.4 is 10.6 Å². The van der Waals surface area contributed by atoms with Gasteiger partial charge in [0.1, 0.15) is 11.6 Å². The third-order valence-corrected chi connectivity index (χ3v) is 6.64. The molecule has 168 valence electrons. The molecule has 1 saturated heterocycles. The van der Waals surface area contributed by atoms with Crippen molar-refractivity contribution in [3.8, 4) is 11.3 Å². The quantitative estimate of drug-likeness (QED) is 0.445. The van der Waals surface area contributed by atoms with Crippen molar-refractivity contribution in [3.63, 3.8) is 0 Å². The van der Waals surface area contributed by atoms with Gasteiger partial charge in [0.05, 0.1) is 11.9 Å². The molecule has 1 fully saturated rings. The van der Waals surface area contributed by atoms with Crippen LogP contribution in [0.5, 0.6) is 0 Å². The van der Waals surface area contributed by atoms with Crippen LogP contribution >= 0.6 is 0 Å². The number of hydrogen-bond acceptors (Lipinski definition) is 5. The zero-order chi connectivity index (χ0) is 22.8. The van der Waals surface area contributed by atoms with E-state index in [1.54, 1.807) is 0 Å². The van der Waals surface area contributed by atoms with Crippen LogP contribution in [0, 0.1) is 12.8 Å². The normalized spacial score (nSPS) is 14.5. The highest BCUT2D eigenvalue weighted by molar-refractivity contribution is 5.89. The van der Waals surface area contributed by atoms with Gasteiger partial charge >= 0.3 is 0 Å². The van der Waals surface area contributed by atoms with E-state index in [-0.39, 0.29) is 0 Å². The van der Waals surface area contributed by atoms with Gasteiger partial charge in [-0.3, -0.25) is 4.98 Å². The lowest BCUT2D eigenvalue weighted by Crippen LogP contribution is -2.28. The molecule has 0 aliphatic carbocycles. The molecule has 6 nitrogen and oxygen atoms in total. The van der Waals surface area contributed by atoms with E-state index in [4.69, 9.17) is 0 Å². The smallest absolute Gasteiger partial charge is 0.130 e. The Bertz CT molecular complexity index is 1300. The predicted molar refractivity (Wildman–Crippen MR) is 135 cm³/mol. The first-order valence-corrected chi connectivity index (χ1v) is 11.6. The molecule has 0 spiro atoms. The second kappa shape index (κ2) is 9.16. The Hall–Kier alpha value is -3.51. The number of nitrogens with one attached hydrogen (secondary N) is 2. The maximum Gasteiger partial charge on any atom is 0.130 e. The molecule has 0 radical (unpaired) electrons. The molecule has 3 aromatic heterocycles. The number of fused-ring (bicyclic) bond motifs is 1. The first kappa shape index (κ1) is 21.3. The topological polar surface area (TPSA) is 67.7 Å². The SMILES string of the molecule is C=C(Nc1cc2cc(-c3cnc(C)n3C)ccc2cn1)c1ccnc(CC2CCNCC2)c1. The van der Waals surface area contributed by atoms with Crippen LogP contribution in [0.3, 0.4) is 0 Å². The van der Waals surface area contributed by atoms with Gasteiger partial charge < -0.3 is 15.2 Å². The minimum Gasteiger partial charge on any atom is -0.340 e. The second-order valence-electron chi connectivity index (χ2n) is 8.92. The second-order valence-corrected chi connectivity index (χ2v) is 8.92. The van der Waals surface area contributed by atoms with Crippen LogP contribution in [0.1, 0.15) is 29.9 Å². The Balaban J connectivity index is 1.34.